The molecule has 2 aromatic rings. The molecule has 3 rings (SSSR count). The molecule has 0 spiro atoms. The third-order valence-corrected chi connectivity index (χ3v) is 5.50. The highest BCUT2D eigenvalue weighted by molar-refractivity contribution is 5.94. The fraction of sp³-hybridized carbons (Fsp3) is 0.435. The van der Waals surface area contributed by atoms with Gasteiger partial charge in [-0.05, 0) is 38.0 Å². The largest absolute Gasteiger partial charge is 0.390 e. The number of aliphatic hydroxyl groups excluding tert-OH is 1. The summed E-state index contributed by atoms with van der Waals surface area (Å²) < 4.78 is 0. The third kappa shape index (κ3) is 4.79. The van der Waals surface area contributed by atoms with Crippen molar-refractivity contribution in [1.82, 2.24) is 9.80 Å². The lowest BCUT2D eigenvalue weighted by atomic mass is 9.88. The highest BCUT2D eigenvalue weighted by Crippen LogP contribution is 2.26. The van der Waals surface area contributed by atoms with Crippen molar-refractivity contribution in [2.24, 2.45) is 0 Å². The van der Waals surface area contributed by atoms with Gasteiger partial charge in [0.2, 0.25) is 0 Å². The van der Waals surface area contributed by atoms with E-state index < -0.39 is 11.7 Å². The first-order chi connectivity index (χ1) is 13.4. The van der Waals surface area contributed by atoms with Gasteiger partial charge in [-0.1, -0.05) is 48.5 Å². The quantitative estimate of drug-likeness (QED) is 0.806. The van der Waals surface area contributed by atoms with Gasteiger partial charge in [0.05, 0.1) is 12.6 Å². The molecule has 1 amide bonds. The van der Waals surface area contributed by atoms with E-state index in [4.69, 9.17) is 0 Å². The lowest BCUT2D eigenvalue weighted by molar-refractivity contribution is -0.130. The zero-order chi connectivity index (χ0) is 20.1. The number of β-amino-alcohol motifs (C(OH)–C–C–N with tert-alkyl or cyclic N) is 1. The summed E-state index contributed by atoms with van der Waals surface area (Å²) in [6.45, 7) is 5.71. The smallest absolute Gasteiger partial charge is 0.253 e. The second kappa shape index (κ2) is 8.86. The SMILES string of the molecule is CC(C)N(Cc1ccccc1)C[C@@]1(O)CN(C(=O)c2ccccc2)CC[C@@H]1O. The minimum absolute atomic E-state index is 0.106. The highest BCUT2D eigenvalue weighted by atomic mass is 16.3. The van der Waals surface area contributed by atoms with Gasteiger partial charge in [0, 0.05) is 31.2 Å². The Balaban J connectivity index is 1.74. The van der Waals surface area contributed by atoms with Crippen molar-refractivity contribution in [1.29, 1.82) is 0 Å². The molecule has 0 unspecified atom stereocenters. The van der Waals surface area contributed by atoms with Crippen LogP contribution in [0.5, 0.6) is 0 Å². The number of amides is 1. The summed E-state index contributed by atoms with van der Waals surface area (Å²) in [7, 11) is 0. The molecule has 1 fully saturated rings. The van der Waals surface area contributed by atoms with Crippen LogP contribution in [0.4, 0.5) is 0 Å². The monoisotopic (exact) mass is 382 g/mol. The molecule has 2 N–H and O–H groups in total. The molecule has 2 aromatic carbocycles. The van der Waals surface area contributed by atoms with Crippen LogP contribution in [0, 0.1) is 0 Å². The van der Waals surface area contributed by atoms with Gasteiger partial charge in [0.1, 0.15) is 5.60 Å². The molecule has 1 aliphatic rings. The topological polar surface area (TPSA) is 64.0 Å². The number of hydrogen-bond donors (Lipinski definition) is 2. The summed E-state index contributed by atoms with van der Waals surface area (Å²) in [6, 6.07) is 19.4. The van der Waals surface area contributed by atoms with E-state index in [0.29, 0.717) is 31.6 Å². The van der Waals surface area contributed by atoms with Crippen molar-refractivity contribution in [2.45, 2.75) is 44.6 Å². The van der Waals surface area contributed by atoms with Crippen LogP contribution in [0.1, 0.15) is 36.2 Å². The van der Waals surface area contributed by atoms with Gasteiger partial charge in [0.15, 0.2) is 0 Å². The van der Waals surface area contributed by atoms with Crippen LogP contribution in [0.15, 0.2) is 60.7 Å². The van der Waals surface area contributed by atoms with Gasteiger partial charge >= 0.3 is 0 Å². The van der Waals surface area contributed by atoms with E-state index in [-0.39, 0.29) is 18.5 Å². The summed E-state index contributed by atoms with van der Waals surface area (Å²) in [4.78, 5) is 16.6. The standard InChI is InChI=1S/C23H30N2O3/c1-18(2)25(15-19-9-5-3-6-10-19)17-23(28)16-24(14-13-21(23)26)22(27)20-11-7-4-8-12-20/h3-12,18,21,26,28H,13-17H2,1-2H3/t21-,23-/m0/s1. The highest BCUT2D eigenvalue weighted by Gasteiger charge is 2.44. The average Bonchev–Trinajstić information content (AvgIpc) is 2.70. The number of carbonyl (C=O) groups is 1. The van der Waals surface area contributed by atoms with Gasteiger partial charge in [0.25, 0.3) is 5.91 Å². The molecule has 0 aromatic heterocycles. The van der Waals surface area contributed by atoms with Crippen molar-refractivity contribution in [3.05, 3.63) is 71.8 Å². The van der Waals surface area contributed by atoms with Crippen LogP contribution < -0.4 is 0 Å². The minimum atomic E-state index is -1.36. The Kier molecular flexibility index (Phi) is 6.50. The van der Waals surface area contributed by atoms with Gasteiger partial charge in [-0.3, -0.25) is 9.69 Å². The van der Waals surface area contributed by atoms with Crippen LogP contribution in [0.25, 0.3) is 0 Å². The molecule has 1 heterocycles. The number of nitrogens with zero attached hydrogens (tertiary/aromatic N) is 2. The summed E-state index contributed by atoms with van der Waals surface area (Å²) in [6.07, 6.45) is -0.490. The van der Waals surface area contributed by atoms with E-state index in [9.17, 15) is 15.0 Å². The predicted molar refractivity (Wildman–Crippen MR) is 110 cm³/mol. The Labute approximate surface area is 167 Å². The molecule has 0 aliphatic carbocycles. The van der Waals surface area contributed by atoms with Gasteiger partial charge < -0.3 is 15.1 Å². The molecular weight excluding hydrogens is 352 g/mol. The Bertz CT molecular complexity index is 766. The molecule has 1 saturated heterocycles. The van der Waals surface area contributed by atoms with Crippen LogP contribution >= 0.6 is 0 Å². The number of carbonyl (C=O) groups excluding carboxylic acids is 1. The molecule has 28 heavy (non-hydrogen) atoms. The molecule has 5 heteroatoms. The minimum Gasteiger partial charge on any atom is -0.390 e. The fourth-order valence-corrected chi connectivity index (χ4v) is 3.74. The average molecular weight is 383 g/mol. The lowest BCUT2D eigenvalue weighted by Crippen LogP contribution is -2.63. The van der Waals surface area contributed by atoms with Crippen molar-refractivity contribution in [3.8, 4) is 0 Å². The number of hydrogen-bond acceptors (Lipinski definition) is 4. The normalized spacial score (nSPS) is 22.6. The second-order valence-corrected chi connectivity index (χ2v) is 7.99. The maximum atomic E-state index is 12.8. The number of rotatable bonds is 6. The summed E-state index contributed by atoms with van der Waals surface area (Å²) in [5.41, 5.74) is 0.399. The second-order valence-electron chi connectivity index (χ2n) is 7.99. The molecule has 0 radical (unpaired) electrons. The Morgan fingerprint density at radius 1 is 1.14 bits per heavy atom. The summed E-state index contributed by atoms with van der Waals surface area (Å²) in [5, 5.41) is 21.9. The van der Waals surface area contributed by atoms with Crippen molar-refractivity contribution >= 4 is 5.91 Å². The predicted octanol–water partition coefficient (Wildman–Crippen LogP) is 2.54. The van der Waals surface area contributed by atoms with E-state index in [1.165, 1.54) is 0 Å². The molecule has 0 bridgehead atoms. The Hall–Kier alpha value is -2.21. The molecule has 1 aliphatic heterocycles. The molecular formula is C23H30N2O3. The first kappa shape index (κ1) is 20.5. The first-order valence-corrected chi connectivity index (χ1v) is 9.92. The molecule has 5 nitrogen and oxygen atoms in total. The van der Waals surface area contributed by atoms with Gasteiger partial charge in [-0.15, -0.1) is 0 Å². The van der Waals surface area contributed by atoms with Crippen molar-refractivity contribution < 1.29 is 15.0 Å². The summed E-state index contributed by atoms with van der Waals surface area (Å²) >= 11 is 0. The summed E-state index contributed by atoms with van der Waals surface area (Å²) in [5.74, 6) is -0.106. The zero-order valence-electron chi connectivity index (χ0n) is 16.7. The van der Waals surface area contributed by atoms with Crippen LogP contribution in [-0.2, 0) is 6.54 Å². The van der Waals surface area contributed by atoms with E-state index >= 15 is 0 Å². The number of likely N-dealkylation sites (tertiary alicyclic amines) is 1. The lowest BCUT2D eigenvalue weighted by Gasteiger charge is -2.45. The van der Waals surface area contributed by atoms with E-state index in [1.807, 2.05) is 36.4 Å². The number of piperidine rings is 1. The van der Waals surface area contributed by atoms with Gasteiger partial charge in [-0.25, -0.2) is 0 Å². The number of aliphatic hydroxyl groups is 2. The van der Waals surface area contributed by atoms with Gasteiger partial charge in [-0.2, -0.15) is 0 Å². The molecule has 0 saturated carbocycles. The van der Waals surface area contributed by atoms with E-state index in [0.717, 1.165) is 5.56 Å². The van der Waals surface area contributed by atoms with Crippen LogP contribution in [0.2, 0.25) is 0 Å². The Morgan fingerprint density at radius 2 is 1.75 bits per heavy atom. The molecule has 150 valence electrons. The number of benzene rings is 2. The third-order valence-electron chi connectivity index (χ3n) is 5.50. The Morgan fingerprint density at radius 3 is 2.36 bits per heavy atom. The van der Waals surface area contributed by atoms with Crippen LogP contribution in [0.3, 0.4) is 0 Å². The molecule has 2 atom stereocenters. The van der Waals surface area contributed by atoms with Crippen molar-refractivity contribution in [2.75, 3.05) is 19.6 Å². The maximum Gasteiger partial charge on any atom is 0.253 e. The fourth-order valence-electron chi connectivity index (χ4n) is 3.74. The van der Waals surface area contributed by atoms with Crippen molar-refractivity contribution in [3.63, 3.8) is 0 Å². The first-order valence-electron chi connectivity index (χ1n) is 9.92. The van der Waals surface area contributed by atoms with E-state index in [1.54, 1.807) is 17.0 Å². The maximum absolute atomic E-state index is 12.8. The zero-order valence-corrected chi connectivity index (χ0v) is 16.7. The van der Waals surface area contributed by atoms with E-state index in [2.05, 4.69) is 30.9 Å². The van der Waals surface area contributed by atoms with Crippen LogP contribution in [-0.4, -0.2) is 63.3 Å².